The number of H-pyrrole nitrogens is 1. The minimum absolute atomic E-state index is 0.0207. The van der Waals surface area contributed by atoms with E-state index in [1.807, 2.05) is 66.4 Å². The third kappa shape index (κ3) is 3.24. The number of aromatic nitrogens is 2. The van der Waals surface area contributed by atoms with Gasteiger partial charge in [0.25, 0.3) is 5.91 Å². The lowest BCUT2D eigenvalue weighted by Crippen LogP contribution is -2.30. The largest absolute Gasteiger partial charge is 0.506 e. The van der Waals surface area contributed by atoms with E-state index in [0.717, 1.165) is 40.9 Å². The van der Waals surface area contributed by atoms with Crippen molar-refractivity contribution in [2.24, 2.45) is 0 Å². The van der Waals surface area contributed by atoms with Gasteiger partial charge < -0.3 is 14.9 Å². The summed E-state index contributed by atoms with van der Waals surface area (Å²) in [4.78, 5) is 17.0. The van der Waals surface area contributed by atoms with Crippen LogP contribution in [0.15, 0.2) is 48.5 Å². The number of fused-ring (bicyclic) bond motifs is 1. The Kier molecular flexibility index (Phi) is 5.01. The summed E-state index contributed by atoms with van der Waals surface area (Å²) in [5, 5.41) is 17.7. The molecule has 2 N–H and O–H groups in total. The summed E-state index contributed by atoms with van der Waals surface area (Å²) < 4.78 is 0. The fraction of sp³-hybridized carbons (Fsp3) is 0.304. The number of aromatic amines is 1. The monoisotopic (exact) mass is 390 g/mol. The molecule has 1 unspecified atom stereocenters. The molecule has 1 amide bonds. The normalized spacial score (nSPS) is 15.6. The highest BCUT2D eigenvalue weighted by Crippen LogP contribution is 2.44. The Labute approximate surface area is 170 Å². The number of phenolic OH excluding ortho intramolecular Hbond substituents is 1. The maximum atomic E-state index is 13.2. The fourth-order valence-electron chi connectivity index (χ4n) is 3.99. The van der Waals surface area contributed by atoms with E-state index >= 15 is 0 Å². The van der Waals surface area contributed by atoms with Crippen LogP contribution in [-0.2, 0) is 0 Å². The first-order valence-electron chi connectivity index (χ1n) is 9.97. The number of nitrogens with one attached hydrogen (secondary N) is 1. The Morgan fingerprint density at radius 1 is 1.17 bits per heavy atom. The number of anilines is 1. The van der Waals surface area contributed by atoms with Gasteiger partial charge in [-0.15, -0.1) is 0 Å². The molecule has 150 valence electrons. The lowest BCUT2D eigenvalue weighted by molar-refractivity contribution is 0.0741. The molecule has 1 atom stereocenters. The Hall–Kier alpha value is -3.28. The van der Waals surface area contributed by atoms with E-state index in [0.29, 0.717) is 12.2 Å². The summed E-state index contributed by atoms with van der Waals surface area (Å²) in [5.74, 6) is 0.200. The number of hydrogen-bond acceptors (Lipinski definition) is 4. The molecule has 29 heavy (non-hydrogen) atoms. The van der Waals surface area contributed by atoms with Crippen molar-refractivity contribution in [1.29, 1.82) is 0 Å². The number of nitrogens with zero attached hydrogens (tertiary/aromatic N) is 3. The zero-order chi connectivity index (χ0) is 20.5. The van der Waals surface area contributed by atoms with Gasteiger partial charge in [0.05, 0.1) is 17.4 Å². The molecular formula is C23H26N4O2. The lowest BCUT2D eigenvalue weighted by atomic mass is 9.95. The quantitative estimate of drug-likeness (QED) is 0.662. The summed E-state index contributed by atoms with van der Waals surface area (Å²) in [6.07, 6.45) is 1.94. The first-order valence-corrected chi connectivity index (χ1v) is 9.97. The van der Waals surface area contributed by atoms with Gasteiger partial charge in [0.1, 0.15) is 11.4 Å². The second kappa shape index (κ2) is 7.62. The number of unbranched alkanes of at least 4 members (excludes halogenated alkanes) is 1. The molecule has 0 saturated carbocycles. The highest BCUT2D eigenvalue weighted by molar-refractivity contribution is 6.00. The third-order valence-corrected chi connectivity index (χ3v) is 5.46. The fourth-order valence-corrected chi connectivity index (χ4v) is 3.99. The average Bonchev–Trinajstić information content (AvgIpc) is 3.26. The van der Waals surface area contributed by atoms with Gasteiger partial charge in [-0.25, -0.2) is 0 Å². The van der Waals surface area contributed by atoms with Crippen molar-refractivity contribution >= 4 is 11.6 Å². The summed E-state index contributed by atoms with van der Waals surface area (Å²) in [5.41, 5.74) is 4.94. The smallest absolute Gasteiger partial charge is 0.273 e. The first kappa shape index (κ1) is 19.1. The van der Waals surface area contributed by atoms with Crippen LogP contribution in [0.25, 0.3) is 11.3 Å². The number of carbonyl (C=O) groups is 1. The molecule has 0 radical (unpaired) electrons. The standard InChI is InChI=1S/C23H26N4O2/c1-4-5-13-27-22(16-11-12-18(28)17(14-16)26(2)3)19-20(15-9-7-6-8-10-15)24-25-21(19)23(27)29/h6-12,14,22,28H,4-5,13H2,1-3H3,(H,24,25). The van der Waals surface area contributed by atoms with Gasteiger partial charge in [-0.05, 0) is 24.1 Å². The van der Waals surface area contributed by atoms with Crippen LogP contribution < -0.4 is 4.90 Å². The summed E-state index contributed by atoms with van der Waals surface area (Å²) in [6.45, 7) is 2.80. The molecule has 0 aliphatic carbocycles. The Bertz CT molecular complexity index is 1030. The maximum Gasteiger partial charge on any atom is 0.273 e. The average molecular weight is 390 g/mol. The van der Waals surface area contributed by atoms with Crippen molar-refractivity contribution in [3.63, 3.8) is 0 Å². The summed E-state index contributed by atoms with van der Waals surface area (Å²) >= 11 is 0. The second-order valence-corrected chi connectivity index (χ2v) is 7.62. The van der Waals surface area contributed by atoms with Crippen molar-refractivity contribution in [3.05, 3.63) is 65.4 Å². The summed E-state index contributed by atoms with van der Waals surface area (Å²) in [6, 6.07) is 15.3. The van der Waals surface area contributed by atoms with Gasteiger partial charge in [-0.1, -0.05) is 49.7 Å². The molecule has 4 rings (SSSR count). The lowest BCUT2D eigenvalue weighted by Gasteiger charge is -2.27. The number of amides is 1. The minimum atomic E-state index is -0.239. The van der Waals surface area contributed by atoms with Gasteiger partial charge in [0, 0.05) is 31.8 Å². The molecule has 6 heteroatoms. The van der Waals surface area contributed by atoms with Crippen LogP contribution in [-0.4, -0.2) is 46.8 Å². The van der Waals surface area contributed by atoms with E-state index in [-0.39, 0.29) is 17.7 Å². The molecule has 1 aromatic heterocycles. The molecule has 0 spiro atoms. The highest BCUT2D eigenvalue weighted by Gasteiger charge is 2.42. The molecule has 0 fully saturated rings. The van der Waals surface area contributed by atoms with E-state index in [4.69, 9.17) is 0 Å². The molecule has 2 heterocycles. The van der Waals surface area contributed by atoms with Crippen LogP contribution in [0.5, 0.6) is 5.75 Å². The molecule has 0 bridgehead atoms. The van der Waals surface area contributed by atoms with Gasteiger partial charge in [-0.3, -0.25) is 9.89 Å². The molecule has 2 aromatic carbocycles. The van der Waals surface area contributed by atoms with Crippen LogP contribution in [0.2, 0.25) is 0 Å². The second-order valence-electron chi connectivity index (χ2n) is 7.62. The first-order chi connectivity index (χ1) is 14.0. The molecule has 3 aromatic rings. The SMILES string of the molecule is CCCCN1C(=O)c2[nH]nc(-c3ccccc3)c2C1c1ccc(O)c(N(C)C)c1. The van der Waals surface area contributed by atoms with Crippen LogP contribution in [0, 0.1) is 0 Å². The zero-order valence-corrected chi connectivity index (χ0v) is 17.0. The van der Waals surface area contributed by atoms with Crippen molar-refractivity contribution < 1.29 is 9.90 Å². The topological polar surface area (TPSA) is 72.5 Å². The van der Waals surface area contributed by atoms with Gasteiger partial charge in [0.15, 0.2) is 0 Å². The Balaban J connectivity index is 1.88. The van der Waals surface area contributed by atoms with E-state index in [2.05, 4.69) is 17.1 Å². The molecule has 6 nitrogen and oxygen atoms in total. The molecular weight excluding hydrogens is 364 g/mol. The Morgan fingerprint density at radius 2 is 1.93 bits per heavy atom. The highest BCUT2D eigenvalue weighted by atomic mass is 16.3. The van der Waals surface area contributed by atoms with Gasteiger partial charge in [0.2, 0.25) is 0 Å². The molecule has 1 aliphatic rings. The predicted molar refractivity (Wildman–Crippen MR) is 114 cm³/mol. The van der Waals surface area contributed by atoms with E-state index < -0.39 is 0 Å². The van der Waals surface area contributed by atoms with Gasteiger partial charge in [-0.2, -0.15) is 5.10 Å². The van der Waals surface area contributed by atoms with E-state index in [9.17, 15) is 9.90 Å². The molecule has 1 aliphatic heterocycles. The van der Waals surface area contributed by atoms with Crippen molar-refractivity contribution in [3.8, 4) is 17.0 Å². The number of rotatable bonds is 6. The Morgan fingerprint density at radius 3 is 2.62 bits per heavy atom. The molecule has 0 saturated heterocycles. The number of phenols is 1. The number of hydrogen-bond donors (Lipinski definition) is 2. The predicted octanol–water partition coefficient (Wildman–Crippen LogP) is 4.19. The van der Waals surface area contributed by atoms with Crippen LogP contribution in [0.1, 0.15) is 47.4 Å². The van der Waals surface area contributed by atoms with Crippen LogP contribution in [0.4, 0.5) is 5.69 Å². The number of benzene rings is 2. The maximum absolute atomic E-state index is 13.2. The summed E-state index contributed by atoms with van der Waals surface area (Å²) in [7, 11) is 3.79. The van der Waals surface area contributed by atoms with Crippen LogP contribution in [0.3, 0.4) is 0 Å². The number of aromatic hydroxyl groups is 1. The van der Waals surface area contributed by atoms with Crippen molar-refractivity contribution in [1.82, 2.24) is 15.1 Å². The van der Waals surface area contributed by atoms with E-state index in [1.54, 1.807) is 6.07 Å². The van der Waals surface area contributed by atoms with Crippen molar-refractivity contribution in [2.75, 3.05) is 25.5 Å². The van der Waals surface area contributed by atoms with Crippen LogP contribution >= 0.6 is 0 Å². The minimum Gasteiger partial charge on any atom is -0.506 e. The van der Waals surface area contributed by atoms with Crippen molar-refractivity contribution in [2.45, 2.75) is 25.8 Å². The van der Waals surface area contributed by atoms with E-state index in [1.165, 1.54) is 0 Å². The zero-order valence-electron chi connectivity index (χ0n) is 17.0. The van der Waals surface area contributed by atoms with Gasteiger partial charge >= 0.3 is 0 Å². The third-order valence-electron chi connectivity index (χ3n) is 5.46. The number of carbonyl (C=O) groups excluding carboxylic acids is 1.